The molecule has 0 radical (unpaired) electrons. The van der Waals surface area contributed by atoms with E-state index in [1.807, 2.05) is 56.3 Å². The van der Waals surface area contributed by atoms with Crippen LogP contribution in [0.5, 0.6) is 0 Å². The molecule has 1 N–H and O–H groups in total. The first-order valence-corrected chi connectivity index (χ1v) is 11.3. The molecule has 31 heavy (non-hydrogen) atoms. The number of thioether (sulfide) groups is 1. The van der Waals surface area contributed by atoms with Crippen LogP contribution < -0.4 is 10.9 Å². The molecular weight excluding hydrogens is 428 g/mol. The van der Waals surface area contributed by atoms with Crippen molar-refractivity contribution in [2.45, 2.75) is 26.8 Å². The van der Waals surface area contributed by atoms with E-state index in [1.165, 1.54) is 16.2 Å². The number of nitrogens with one attached hydrogen (secondary N) is 1. The van der Waals surface area contributed by atoms with E-state index >= 15 is 0 Å². The molecular formula is C23H22N4O2S2. The number of benzene rings is 1. The standard InChI is InChI=1S/C23H22N4O2S2/c1-3-11-24-19-17(21(28)26-12-7-8-15(2)20(26)25-19)13-18-22(29)27(23(30)31-18)14-16-9-5-4-6-10-16/h4-10,12-13,24H,3,11,14H2,1-2H3/b18-13+. The zero-order chi connectivity index (χ0) is 22.0. The van der Waals surface area contributed by atoms with Crippen molar-refractivity contribution in [1.82, 2.24) is 14.3 Å². The lowest BCUT2D eigenvalue weighted by Gasteiger charge is -2.14. The van der Waals surface area contributed by atoms with Crippen LogP contribution >= 0.6 is 24.0 Å². The normalized spacial score (nSPS) is 15.3. The van der Waals surface area contributed by atoms with Crippen molar-refractivity contribution in [2.75, 3.05) is 11.9 Å². The molecule has 1 aliphatic rings. The molecule has 158 valence electrons. The van der Waals surface area contributed by atoms with E-state index in [9.17, 15) is 9.59 Å². The summed E-state index contributed by atoms with van der Waals surface area (Å²) in [5.41, 5.74) is 2.63. The van der Waals surface area contributed by atoms with Crippen LogP contribution in [0.15, 0.2) is 58.4 Å². The number of anilines is 1. The second-order valence-electron chi connectivity index (χ2n) is 7.24. The van der Waals surface area contributed by atoms with Gasteiger partial charge < -0.3 is 5.32 Å². The Labute approximate surface area is 190 Å². The number of fused-ring (bicyclic) bond motifs is 1. The van der Waals surface area contributed by atoms with Gasteiger partial charge in [-0.1, -0.05) is 67.3 Å². The lowest BCUT2D eigenvalue weighted by atomic mass is 10.2. The summed E-state index contributed by atoms with van der Waals surface area (Å²) in [6.07, 6.45) is 4.19. The van der Waals surface area contributed by atoms with Crippen LogP contribution in [-0.2, 0) is 11.3 Å². The second kappa shape index (κ2) is 9.03. The smallest absolute Gasteiger partial charge is 0.267 e. The molecule has 4 rings (SSSR count). The van der Waals surface area contributed by atoms with Gasteiger partial charge in [-0.2, -0.15) is 0 Å². The average Bonchev–Trinajstić information content (AvgIpc) is 3.03. The fraction of sp³-hybridized carbons (Fsp3) is 0.217. The van der Waals surface area contributed by atoms with Gasteiger partial charge in [-0.15, -0.1) is 0 Å². The van der Waals surface area contributed by atoms with Gasteiger partial charge in [0.05, 0.1) is 17.0 Å². The van der Waals surface area contributed by atoms with Gasteiger partial charge in [-0.05, 0) is 36.6 Å². The SMILES string of the molecule is CCCNc1nc2c(C)cccn2c(=O)c1/C=C1/SC(=S)N(Cc2ccccc2)C1=O. The number of thiocarbonyl (C=S) groups is 1. The number of carbonyl (C=O) groups is 1. The highest BCUT2D eigenvalue weighted by molar-refractivity contribution is 8.26. The molecule has 0 unspecified atom stereocenters. The highest BCUT2D eigenvalue weighted by atomic mass is 32.2. The molecule has 1 amide bonds. The fourth-order valence-corrected chi connectivity index (χ4v) is 4.59. The van der Waals surface area contributed by atoms with E-state index in [2.05, 4.69) is 10.3 Å². The number of hydrogen-bond acceptors (Lipinski definition) is 6. The molecule has 3 heterocycles. The summed E-state index contributed by atoms with van der Waals surface area (Å²) in [7, 11) is 0. The van der Waals surface area contributed by atoms with Crippen LogP contribution in [-0.4, -0.2) is 31.1 Å². The summed E-state index contributed by atoms with van der Waals surface area (Å²) in [5, 5.41) is 3.24. The number of aryl methyl sites for hydroxylation is 1. The van der Waals surface area contributed by atoms with Crippen molar-refractivity contribution in [2.24, 2.45) is 0 Å². The van der Waals surface area contributed by atoms with Crippen molar-refractivity contribution < 1.29 is 4.79 Å². The van der Waals surface area contributed by atoms with Crippen LogP contribution in [0.25, 0.3) is 11.7 Å². The number of carbonyl (C=O) groups excluding carboxylic acids is 1. The van der Waals surface area contributed by atoms with Gasteiger partial charge in [-0.25, -0.2) is 4.98 Å². The number of pyridine rings is 1. The quantitative estimate of drug-likeness (QED) is 0.448. The topological polar surface area (TPSA) is 66.7 Å². The maximum Gasteiger partial charge on any atom is 0.267 e. The minimum atomic E-state index is -0.222. The van der Waals surface area contributed by atoms with Crippen LogP contribution in [0.1, 0.15) is 30.0 Å². The summed E-state index contributed by atoms with van der Waals surface area (Å²) in [6.45, 7) is 5.03. The Kier molecular flexibility index (Phi) is 6.20. The first-order valence-electron chi connectivity index (χ1n) is 10.0. The van der Waals surface area contributed by atoms with Crippen molar-refractivity contribution in [3.63, 3.8) is 0 Å². The van der Waals surface area contributed by atoms with Gasteiger partial charge in [0.2, 0.25) is 0 Å². The van der Waals surface area contributed by atoms with Crippen LogP contribution in [0.3, 0.4) is 0 Å². The molecule has 0 bridgehead atoms. The third-order valence-corrected chi connectivity index (χ3v) is 6.34. The van der Waals surface area contributed by atoms with Gasteiger partial charge in [0.1, 0.15) is 15.8 Å². The highest BCUT2D eigenvalue weighted by Gasteiger charge is 2.32. The first-order chi connectivity index (χ1) is 15.0. The maximum atomic E-state index is 13.3. The molecule has 6 nitrogen and oxygen atoms in total. The van der Waals surface area contributed by atoms with Gasteiger partial charge >= 0.3 is 0 Å². The lowest BCUT2D eigenvalue weighted by molar-refractivity contribution is -0.122. The predicted molar refractivity (Wildman–Crippen MR) is 130 cm³/mol. The minimum absolute atomic E-state index is 0.200. The minimum Gasteiger partial charge on any atom is -0.369 e. The van der Waals surface area contributed by atoms with E-state index in [1.54, 1.807) is 17.2 Å². The summed E-state index contributed by atoms with van der Waals surface area (Å²) < 4.78 is 2.00. The molecule has 1 aliphatic heterocycles. The summed E-state index contributed by atoms with van der Waals surface area (Å²) >= 11 is 6.66. The molecule has 3 aromatic rings. The van der Waals surface area contributed by atoms with E-state index < -0.39 is 0 Å². The number of nitrogens with zero attached hydrogens (tertiary/aromatic N) is 3. The number of rotatable bonds is 6. The highest BCUT2D eigenvalue weighted by Crippen LogP contribution is 2.34. The lowest BCUT2D eigenvalue weighted by Crippen LogP contribution is -2.27. The van der Waals surface area contributed by atoms with Crippen LogP contribution in [0, 0.1) is 6.92 Å². The van der Waals surface area contributed by atoms with Gasteiger partial charge in [0.25, 0.3) is 11.5 Å². The Hall–Kier alpha value is -2.97. The number of amides is 1. The Morgan fingerprint density at radius 2 is 1.94 bits per heavy atom. The molecule has 0 saturated carbocycles. The van der Waals surface area contributed by atoms with Crippen LogP contribution in [0.4, 0.5) is 5.82 Å². The zero-order valence-electron chi connectivity index (χ0n) is 17.3. The Morgan fingerprint density at radius 1 is 1.16 bits per heavy atom. The fourth-order valence-electron chi connectivity index (χ4n) is 3.35. The maximum absolute atomic E-state index is 13.3. The molecule has 1 saturated heterocycles. The van der Waals surface area contributed by atoms with Crippen LogP contribution in [0.2, 0.25) is 0 Å². The van der Waals surface area contributed by atoms with Crippen molar-refractivity contribution in [3.05, 3.63) is 80.6 Å². The average molecular weight is 451 g/mol. The van der Waals surface area contributed by atoms with Crippen molar-refractivity contribution >= 4 is 51.7 Å². The Bertz CT molecular complexity index is 1250. The monoisotopic (exact) mass is 450 g/mol. The summed E-state index contributed by atoms with van der Waals surface area (Å²) in [5.74, 6) is 0.281. The van der Waals surface area contributed by atoms with E-state index in [4.69, 9.17) is 12.2 Å². The molecule has 0 spiro atoms. The molecule has 1 aromatic carbocycles. The predicted octanol–water partition coefficient (Wildman–Crippen LogP) is 4.23. The van der Waals surface area contributed by atoms with E-state index in [0.717, 1.165) is 17.5 Å². The molecule has 8 heteroatoms. The zero-order valence-corrected chi connectivity index (χ0v) is 18.9. The number of aromatic nitrogens is 2. The van der Waals surface area contributed by atoms with Crippen molar-refractivity contribution in [3.8, 4) is 0 Å². The number of hydrogen-bond donors (Lipinski definition) is 1. The first kappa shape index (κ1) is 21.3. The molecule has 0 atom stereocenters. The largest absolute Gasteiger partial charge is 0.369 e. The van der Waals surface area contributed by atoms with Gasteiger partial charge in [-0.3, -0.25) is 18.9 Å². The van der Waals surface area contributed by atoms with Gasteiger partial charge in [0, 0.05) is 12.7 Å². The summed E-state index contributed by atoms with van der Waals surface area (Å²) in [6, 6.07) is 13.4. The molecule has 1 fully saturated rings. The van der Waals surface area contributed by atoms with E-state index in [0.29, 0.717) is 39.3 Å². The third-order valence-electron chi connectivity index (χ3n) is 4.96. The molecule has 0 aliphatic carbocycles. The van der Waals surface area contributed by atoms with E-state index in [-0.39, 0.29) is 11.5 Å². The second-order valence-corrected chi connectivity index (χ2v) is 8.92. The molecule has 2 aromatic heterocycles. The summed E-state index contributed by atoms with van der Waals surface area (Å²) in [4.78, 5) is 33.0. The van der Waals surface area contributed by atoms with Gasteiger partial charge in [0.15, 0.2) is 0 Å². The Morgan fingerprint density at radius 3 is 2.68 bits per heavy atom. The van der Waals surface area contributed by atoms with Crippen molar-refractivity contribution in [1.29, 1.82) is 0 Å². The third kappa shape index (κ3) is 4.26. The Balaban J connectivity index is 1.76.